The van der Waals surface area contributed by atoms with E-state index in [1.54, 1.807) is 6.07 Å². The van der Waals surface area contributed by atoms with E-state index in [0.29, 0.717) is 16.6 Å². The van der Waals surface area contributed by atoms with Crippen molar-refractivity contribution >= 4 is 34.3 Å². The zero-order valence-electron chi connectivity index (χ0n) is 10.4. The van der Waals surface area contributed by atoms with E-state index in [9.17, 15) is 4.79 Å². The zero-order chi connectivity index (χ0) is 13.4. The minimum atomic E-state index is -0.294. The van der Waals surface area contributed by atoms with Crippen LogP contribution in [0.4, 0.5) is 5.82 Å². The van der Waals surface area contributed by atoms with E-state index in [-0.39, 0.29) is 11.9 Å². The number of aromatic nitrogens is 2. The van der Waals surface area contributed by atoms with E-state index < -0.39 is 0 Å². The molecule has 0 radical (unpaired) electrons. The second kappa shape index (κ2) is 4.70. The van der Waals surface area contributed by atoms with Crippen molar-refractivity contribution in [1.82, 2.24) is 15.5 Å². The smallest absolute Gasteiger partial charge is 0.242 e. The average molecular weight is 281 g/mol. The summed E-state index contributed by atoms with van der Waals surface area (Å²) in [6.45, 7) is 2.55. The normalized spacial score (nSPS) is 19.5. The van der Waals surface area contributed by atoms with E-state index in [1.165, 1.54) is 0 Å². The Bertz CT molecular complexity index is 640. The molecule has 2 aromatic rings. The van der Waals surface area contributed by atoms with Crippen LogP contribution in [0.1, 0.15) is 18.5 Å². The topological polar surface area (TPSA) is 80.1 Å². The number of pyridine rings is 1. The monoisotopic (exact) mass is 280 g/mol. The van der Waals surface area contributed by atoms with Crippen LogP contribution in [0.15, 0.2) is 10.6 Å². The maximum atomic E-state index is 11.8. The van der Waals surface area contributed by atoms with Crippen molar-refractivity contribution in [3.8, 4) is 0 Å². The molecular formula is C12H13ClN4O2. The standard InChI is InChI=1S/C12H13ClN4O2/c1-6-10-8(19-17-6)5-9(13)16-11(10)15-7-3-2-4-14-12(7)18/h5,7H,2-4H2,1H3,(H,14,18)(H,15,16). The molecule has 0 bridgehead atoms. The van der Waals surface area contributed by atoms with Crippen molar-refractivity contribution in [2.75, 3.05) is 11.9 Å². The molecule has 2 N–H and O–H groups in total. The van der Waals surface area contributed by atoms with Gasteiger partial charge >= 0.3 is 0 Å². The summed E-state index contributed by atoms with van der Waals surface area (Å²) in [7, 11) is 0. The Labute approximate surface area is 114 Å². The molecule has 1 fully saturated rings. The second-order valence-electron chi connectivity index (χ2n) is 4.56. The predicted molar refractivity (Wildman–Crippen MR) is 71.2 cm³/mol. The van der Waals surface area contributed by atoms with Gasteiger partial charge in [-0.15, -0.1) is 0 Å². The highest BCUT2D eigenvalue weighted by Gasteiger charge is 2.24. The third-order valence-electron chi connectivity index (χ3n) is 3.19. The number of halogens is 1. The quantitative estimate of drug-likeness (QED) is 0.821. The van der Waals surface area contributed by atoms with Gasteiger partial charge in [-0.2, -0.15) is 0 Å². The van der Waals surface area contributed by atoms with Crippen LogP contribution in [0.3, 0.4) is 0 Å². The maximum Gasteiger partial charge on any atom is 0.242 e. The fraction of sp³-hybridized carbons (Fsp3) is 0.417. The molecule has 100 valence electrons. The minimum Gasteiger partial charge on any atom is -0.358 e. The molecule has 1 saturated heterocycles. The van der Waals surface area contributed by atoms with Crippen LogP contribution in [0, 0.1) is 6.92 Å². The molecule has 6 nitrogen and oxygen atoms in total. The van der Waals surface area contributed by atoms with E-state index in [1.807, 2.05) is 6.92 Å². The molecule has 7 heteroatoms. The fourth-order valence-electron chi connectivity index (χ4n) is 2.26. The number of carbonyl (C=O) groups excluding carboxylic acids is 1. The number of hydrogen-bond acceptors (Lipinski definition) is 5. The first-order valence-corrected chi connectivity index (χ1v) is 6.50. The molecule has 0 aromatic carbocycles. The number of aryl methyl sites for hydroxylation is 1. The molecule has 1 unspecified atom stereocenters. The molecule has 3 rings (SSSR count). The third kappa shape index (κ3) is 2.23. The van der Waals surface area contributed by atoms with Gasteiger partial charge in [-0.05, 0) is 19.8 Å². The molecular weight excluding hydrogens is 268 g/mol. The van der Waals surface area contributed by atoms with Crippen LogP contribution >= 0.6 is 11.6 Å². The number of hydrogen-bond donors (Lipinski definition) is 2. The Hall–Kier alpha value is -1.82. The van der Waals surface area contributed by atoms with E-state index in [0.717, 1.165) is 30.5 Å². The molecule has 2 aromatic heterocycles. The Morgan fingerprint density at radius 3 is 3.21 bits per heavy atom. The van der Waals surface area contributed by atoms with E-state index >= 15 is 0 Å². The lowest BCUT2D eigenvalue weighted by Gasteiger charge is -2.23. The van der Waals surface area contributed by atoms with Crippen molar-refractivity contribution in [3.05, 3.63) is 16.9 Å². The fourth-order valence-corrected chi connectivity index (χ4v) is 2.44. The Kier molecular flexibility index (Phi) is 3.02. The van der Waals surface area contributed by atoms with Crippen LogP contribution in [0.2, 0.25) is 5.15 Å². The van der Waals surface area contributed by atoms with Gasteiger partial charge in [0, 0.05) is 12.6 Å². The Balaban J connectivity index is 1.99. The summed E-state index contributed by atoms with van der Waals surface area (Å²) in [5.41, 5.74) is 1.29. The molecule has 19 heavy (non-hydrogen) atoms. The summed E-state index contributed by atoms with van der Waals surface area (Å²) in [6.07, 6.45) is 1.71. The van der Waals surface area contributed by atoms with Crippen molar-refractivity contribution in [2.45, 2.75) is 25.8 Å². The molecule has 0 aliphatic carbocycles. The van der Waals surface area contributed by atoms with Gasteiger partial charge in [-0.25, -0.2) is 4.98 Å². The van der Waals surface area contributed by atoms with Gasteiger partial charge in [-0.1, -0.05) is 16.8 Å². The molecule has 1 aliphatic heterocycles. The van der Waals surface area contributed by atoms with Gasteiger partial charge in [0.2, 0.25) is 5.91 Å². The Morgan fingerprint density at radius 2 is 2.42 bits per heavy atom. The average Bonchev–Trinajstić information content (AvgIpc) is 2.74. The summed E-state index contributed by atoms with van der Waals surface area (Å²) in [5.74, 6) is 0.526. The van der Waals surface area contributed by atoms with E-state index in [2.05, 4.69) is 20.8 Å². The number of anilines is 1. The lowest BCUT2D eigenvalue weighted by molar-refractivity contribution is -0.123. The van der Waals surface area contributed by atoms with Gasteiger partial charge in [0.05, 0.1) is 11.1 Å². The van der Waals surface area contributed by atoms with E-state index in [4.69, 9.17) is 16.1 Å². The van der Waals surface area contributed by atoms with Gasteiger partial charge in [0.15, 0.2) is 5.58 Å². The zero-order valence-corrected chi connectivity index (χ0v) is 11.1. The minimum absolute atomic E-state index is 0.0183. The maximum absolute atomic E-state index is 11.8. The highest BCUT2D eigenvalue weighted by molar-refractivity contribution is 6.30. The SMILES string of the molecule is Cc1noc2cc(Cl)nc(NC3CCCNC3=O)c12. The van der Waals surface area contributed by atoms with Crippen LogP contribution in [0.5, 0.6) is 0 Å². The molecule has 3 heterocycles. The summed E-state index contributed by atoms with van der Waals surface area (Å²) in [4.78, 5) is 16.0. The first kappa shape index (κ1) is 12.2. The number of rotatable bonds is 2. The second-order valence-corrected chi connectivity index (χ2v) is 4.95. The molecule has 1 aliphatic rings. The van der Waals surface area contributed by atoms with Gasteiger partial charge in [0.25, 0.3) is 0 Å². The number of fused-ring (bicyclic) bond motifs is 1. The van der Waals surface area contributed by atoms with Gasteiger partial charge in [-0.3, -0.25) is 4.79 Å². The highest BCUT2D eigenvalue weighted by Crippen LogP contribution is 2.28. The largest absolute Gasteiger partial charge is 0.358 e. The van der Waals surface area contributed by atoms with Crippen LogP contribution in [-0.4, -0.2) is 28.6 Å². The molecule has 1 atom stereocenters. The first-order chi connectivity index (χ1) is 9.15. The number of nitrogens with one attached hydrogen (secondary N) is 2. The molecule has 1 amide bonds. The van der Waals surface area contributed by atoms with Crippen molar-refractivity contribution in [3.63, 3.8) is 0 Å². The summed E-state index contributed by atoms with van der Waals surface area (Å²) >= 11 is 5.95. The van der Waals surface area contributed by atoms with Crippen LogP contribution in [-0.2, 0) is 4.79 Å². The lowest BCUT2D eigenvalue weighted by atomic mass is 10.1. The number of piperidine rings is 1. The van der Waals surface area contributed by atoms with Gasteiger partial charge < -0.3 is 15.2 Å². The first-order valence-electron chi connectivity index (χ1n) is 6.12. The molecule has 0 spiro atoms. The van der Waals surface area contributed by atoms with Crippen molar-refractivity contribution in [1.29, 1.82) is 0 Å². The van der Waals surface area contributed by atoms with Gasteiger partial charge in [0.1, 0.15) is 17.0 Å². The summed E-state index contributed by atoms with van der Waals surface area (Å²) in [5, 5.41) is 10.9. The van der Waals surface area contributed by atoms with Crippen LogP contribution in [0.25, 0.3) is 11.0 Å². The number of nitrogens with zero attached hydrogens (tertiary/aromatic N) is 2. The Morgan fingerprint density at radius 1 is 1.58 bits per heavy atom. The predicted octanol–water partition coefficient (Wildman–Crippen LogP) is 1.88. The summed E-state index contributed by atoms with van der Waals surface area (Å²) < 4.78 is 5.17. The third-order valence-corrected chi connectivity index (χ3v) is 3.38. The number of amides is 1. The summed E-state index contributed by atoms with van der Waals surface area (Å²) in [6, 6.07) is 1.32. The van der Waals surface area contributed by atoms with Crippen molar-refractivity contribution < 1.29 is 9.32 Å². The molecule has 0 saturated carbocycles. The number of carbonyl (C=O) groups is 1. The van der Waals surface area contributed by atoms with Crippen molar-refractivity contribution in [2.24, 2.45) is 0 Å². The van der Waals surface area contributed by atoms with Crippen LogP contribution < -0.4 is 10.6 Å². The lowest BCUT2D eigenvalue weighted by Crippen LogP contribution is -2.44. The highest BCUT2D eigenvalue weighted by atomic mass is 35.5.